The molecule has 0 fully saturated rings. The van der Waals surface area contributed by atoms with Crippen molar-refractivity contribution in [1.82, 2.24) is 10.3 Å². The number of nitrogens with one attached hydrogen (secondary N) is 2. The number of hydrogen-bond donors (Lipinski definition) is 2. The van der Waals surface area contributed by atoms with Crippen LogP contribution in [0.4, 0.5) is 10.1 Å². The number of halogens is 1. The molecule has 9 heteroatoms. The van der Waals surface area contributed by atoms with Crippen molar-refractivity contribution in [2.45, 2.75) is 37.6 Å². The Morgan fingerprint density at radius 1 is 1.10 bits per heavy atom. The van der Waals surface area contributed by atoms with Gasteiger partial charge in [0.1, 0.15) is 5.82 Å². The number of sulfonamides is 1. The van der Waals surface area contributed by atoms with Gasteiger partial charge in [-0.15, -0.1) is 11.3 Å². The molecule has 2 aromatic carbocycles. The van der Waals surface area contributed by atoms with Gasteiger partial charge in [0.15, 0.2) is 0 Å². The third-order valence-corrected chi connectivity index (χ3v) is 6.82. The summed E-state index contributed by atoms with van der Waals surface area (Å²) < 4.78 is 40.1. The predicted octanol–water partition coefficient (Wildman–Crippen LogP) is 4.07. The van der Waals surface area contributed by atoms with Gasteiger partial charge in [-0.3, -0.25) is 9.52 Å². The molecule has 0 radical (unpaired) electrons. The van der Waals surface area contributed by atoms with Crippen LogP contribution in [0.1, 0.15) is 36.0 Å². The number of anilines is 1. The molecule has 158 valence electrons. The lowest BCUT2D eigenvalue weighted by atomic mass is 10.1. The van der Waals surface area contributed by atoms with Crippen LogP contribution in [-0.4, -0.2) is 19.3 Å². The second-order valence-corrected chi connectivity index (χ2v) is 9.61. The fourth-order valence-corrected chi connectivity index (χ4v) is 4.52. The Hall–Kier alpha value is -2.78. The number of nitrogens with zero attached hydrogens (tertiary/aromatic N) is 1. The summed E-state index contributed by atoms with van der Waals surface area (Å²) in [7, 11) is -3.81. The fourth-order valence-electron chi connectivity index (χ4n) is 2.62. The van der Waals surface area contributed by atoms with Gasteiger partial charge in [-0.05, 0) is 42.0 Å². The van der Waals surface area contributed by atoms with Crippen LogP contribution >= 0.6 is 11.3 Å². The molecule has 0 saturated heterocycles. The monoisotopic (exact) mass is 447 g/mol. The van der Waals surface area contributed by atoms with E-state index in [0.29, 0.717) is 18.2 Å². The van der Waals surface area contributed by atoms with Crippen LogP contribution in [0.3, 0.4) is 0 Å². The molecule has 1 amide bonds. The average molecular weight is 448 g/mol. The minimum Gasteiger partial charge on any atom is -0.350 e. The normalized spacial score (nSPS) is 11.5. The summed E-state index contributed by atoms with van der Waals surface area (Å²) >= 11 is 1.58. The topological polar surface area (TPSA) is 88.2 Å². The molecule has 2 N–H and O–H groups in total. The van der Waals surface area contributed by atoms with Gasteiger partial charge in [0, 0.05) is 17.0 Å². The summed E-state index contributed by atoms with van der Waals surface area (Å²) in [6, 6.07) is 11.1. The van der Waals surface area contributed by atoms with Crippen molar-refractivity contribution in [1.29, 1.82) is 0 Å². The molecule has 0 aliphatic rings. The lowest BCUT2D eigenvalue weighted by molar-refractivity contribution is -0.120. The van der Waals surface area contributed by atoms with E-state index < -0.39 is 15.8 Å². The van der Waals surface area contributed by atoms with E-state index in [1.165, 1.54) is 12.1 Å². The average Bonchev–Trinajstić information content (AvgIpc) is 3.18. The van der Waals surface area contributed by atoms with E-state index in [1.54, 1.807) is 35.6 Å². The zero-order valence-electron chi connectivity index (χ0n) is 16.6. The molecule has 0 atom stereocenters. The van der Waals surface area contributed by atoms with Gasteiger partial charge in [-0.2, -0.15) is 0 Å². The molecule has 0 unspecified atom stereocenters. The Bertz CT molecular complexity index is 1110. The summed E-state index contributed by atoms with van der Waals surface area (Å²) in [6.45, 7) is 4.52. The molecular formula is C21H22FN3O3S2. The third-order valence-electron chi connectivity index (χ3n) is 4.22. The van der Waals surface area contributed by atoms with Crippen LogP contribution in [0, 0.1) is 5.82 Å². The van der Waals surface area contributed by atoms with Crippen molar-refractivity contribution in [3.8, 4) is 0 Å². The maximum absolute atomic E-state index is 13.0. The number of amides is 1. The lowest BCUT2D eigenvalue weighted by Gasteiger charge is -2.09. The first-order valence-corrected chi connectivity index (χ1v) is 11.7. The summed E-state index contributed by atoms with van der Waals surface area (Å²) in [5, 5.41) is 5.82. The SMILES string of the molecule is CC(C)c1nc(CNC(=O)Cc2ccc(NS(=O)(=O)c3ccc(F)cc3)cc2)cs1. The van der Waals surface area contributed by atoms with Crippen molar-refractivity contribution in [3.63, 3.8) is 0 Å². The van der Waals surface area contributed by atoms with Crippen molar-refractivity contribution in [2.24, 2.45) is 0 Å². The first kappa shape index (κ1) is 21.9. The minimum absolute atomic E-state index is 0.0324. The van der Waals surface area contributed by atoms with Gasteiger partial charge in [0.25, 0.3) is 10.0 Å². The number of benzene rings is 2. The highest BCUT2D eigenvalue weighted by Gasteiger charge is 2.14. The zero-order valence-corrected chi connectivity index (χ0v) is 18.2. The summed E-state index contributed by atoms with van der Waals surface area (Å²) in [4.78, 5) is 16.6. The number of rotatable bonds is 8. The van der Waals surface area contributed by atoms with Crippen LogP contribution in [0.25, 0.3) is 0 Å². The number of hydrogen-bond acceptors (Lipinski definition) is 5. The molecule has 0 saturated carbocycles. The van der Waals surface area contributed by atoms with E-state index in [2.05, 4.69) is 28.9 Å². The molecule has 0 aliphatic carbocycles. The highest BCUT2D eigenvalue weighted by Crippen LogP contribution is 2.19. The quantitative estimate of drug-likeness (QED) is 0.545. The fraction of sp³-hybridized carbons (Fsp3) is 0.238. The summed E-state index contributed by atoms with van der Waals surface area (Å²) in [5.41, 5.74) is 1.94. The van der Waals surface area contributed by atoms with Gasteiger partial charge in [0.2, 0.25) is 5.91 Å². The molecule has 30 heavy (non-hydrogen) atoms. The molecule has 6 nitrogen and oxygen atoms in total. The molecule has 3 aromatic rings. The van der Waals surface area contributed by atoms with Crippen molar-refractivity contribution >= 4 is 33.0 Å². The molecule has 1 heterocycles. The van der Waals surface area contributed by atoms with E-state index in [9.17, 15) is 17.6 Å². The molecule has 3 rings (SSSR count). The molecular weight excluding hydrogens is 425 g/mol. The number of thiazole rings is 1. The first-order chi connectivity index (χ1) is 14.2. The number of carbonyl (C=O) groups excluding carboxylic acids is 1. The van der Waals surface area contributed by atoms with E-state index in [0.717, 1.165) is 28.4 Å². The standard InChI is InChI=1S/C21H22FN3O3S2/c1-14(2)21-24-18(13-29-21)12-23-20(26)11-15-3-7-17(8-4-15)25-30(27,28)19-9-5-16(22)6-10-19/h3-10,13-14,25H,11-12H2,1-2H3,(H,23,26). The molecule has 0 bridgehead atoms. The third kappa shape index (κ3) is 5.87. The molecule has 0 aliphatic heterocycles. The Kier molecular flexibility index (Phi) is 6.84. The van der Waals surface area contributed by atoms with Gasteiger partial charge < -0.3 is 5.32 Å². The van der Waals surface area contributed by atoms with Crippen LogP contribution in [-0.2, 0) is 27.8 Å². The van der Waals surface area contributed by atoms with E-state index >= 15 is 0 Å². The molecule has 0 spiro atoms. The van der Waals surface area contributed by atoms with Gasteiger partial charge in [-0.1, -0.05) is 26.0 Å². The number of carbonyl (C=O) groups is 1. The van der Waals surface area contributed by atoms with Crippen LogP contribution < -0.4 is 10.0 Å². The predicted molar refractivity (Wildman–Crippen MR) is 115 cm³/mol. The Labute approximate surface area is 179 Å². The first-order valence-electron chi connectivity index (χ1n) is 9.31. The summed E-state index contributed by atoms with van der Waals surface area (Å²) in [5.74, 6) is -0.293. The summed E-state index contributed by atoms with van der Waals surface area (Å²) in [6.07, 6.45) is 0.173. The highest BCUT2D eigenvalue weighted by atomic mass is 32.2. The van der Waals surface area contributed by atoms with Gasteiger partial charge in [0.05, 0.1) is 28.6 Å². The smallest absolute Gasteiger partial charge is 0.261 e. The van der Waals surface area contributed by atoms with Crippen LogP contribution in [0.15, 0.2) is 58.8 Å². The van der Waals surface area contributed by atoms with E-state index in [-0.39, 0.29) is 17.2 Å². The Morgan fingerprint density at radius 2 is 1.77 bits per heavy atom. The largest absolute Gasteiger partial charge is 0.350 e. The van der Waals surface area contributed by atoms with Crippen molar-refractivity contribution in [2.75, 3.05) is 4.72 Å². The Balaban J connectivity index is 1.54. The minimum atomic E-state index is -3.81. The van der Waals surface area contributed by atoms with E-state index in [4.69, 9.17) is 0 Å². The van der Waals surface area contributed by atoms with Crippen molar-refractivity contribution < 1.29 is 17.6 Å². The van der Waals surface area contributed by atoms with Crippen molar-refractivity contribution in [3.05, 3.63) is 76.0 Å². The second kappa shape index (κ2) is 9.36. The zero-order chi connectivity index (χ0) is 21.7. The van der Waals surface area contributed by atoms with Crippen LogP contribution in [0.2, 0.25) is 0 Å². The van der Waals surface area contributed by atoms with E-state index in [1.807, 2.05) is 5.38 Å². The van der Waals surface area contributed by atoms with Gasteiger partial charge >= 0.3 is 0 Å². The number of aromatic nitrogens is 1. The Morgan fingerprint density at radius 3 is 2.37 bits per heavy atom. The highest BCUT2D eigenvalue weighted by molar-refractivity contribution is 7.92. The second-order valence-electron chi connectivity index (χ2n) is 7.04. The maximum atomic E-state index is 13.0. The van der Waals surface area contributed by atoms with Crippen LogP contribution in [0.5, 0.6) is 0 Å². The molecule has 1 aromatic heterocycles. The lowest BCUT2D eigenvalue weighted by Crippen LogP contribution is -2.24. The maximum Gasteiger partial charge on any atom is 0.261 e. The van der Waals surface area contributed by atoms with Gasteiger partial charge in [-0.25, -0.2) is 17.8 Å².